The lowest BCUT2D eigenvalue weighted by Gasteiger charge is -2.43. The molecule has 5 rings (SSSR count). The number of piperidine rings is 1. The van der Waals surface area contributed by atoms with Gasteiger partial charge in [-0.05, 0) is 68.8 Å². The summed E-state index contributed by atoms with van der Waals surface area (Å²) < 4.78 is 6.36. The summed E-state index contributed by atoms with van der Waals surface area (Å²) in [7, 11) is 0. The van der Waals surface area contributed by atoms with Gasteiger partial charge in [-0.25, -0.2) is 0 Å². The highest BCUT2D eigenvalue weighted by molar-refractivity contribution is 5.57. The third-order valence-corrected chi connectivity index (χ3v) is 7.23. The molecule has 0 radical (unpaired) electrons. The molecule has 0 saturated carbocycles. The van der Waals surface area contributed by atoms with E-state index in [0.29, 0.717) is 5.92 Å². The highest BCUT2D eigenvalue weighted by Gasteiger charge is 2.43. The average molecular weight is 413 g/mol. The Labute approximate surface area is 185 Å². The number of nitrogens with one attached hydrogen (secondary N) is 1. The topological polar surface area (TPSA) is 47.3 Å². The third kappa shape index (κ3) is 4.00. The van der Waals surface area contributed by atoms with Gasteiger partial charge < -0.3 is 15.8 Å². The monoisotopic (exact) mass is 412 g/mol. The summed E-state index contributed by atoms with van der Waals surface area (Å²) in [6.45, 7) is 2.14. The molecule has 3 aromatic carbocycles. The van der Waals surface area contributed by atoms with E-state index in [1.165, 1.54) is 29.5 Å². The van der Waals surface area contributed by atoms with Crippen molar-refractivity contribution in [1.82, 2.24) is 5.32 Å². The zero-order chi connectivity index (χ0) is 21.1. The van der Waals surface area contributed by atoms with Crippen molar-refractivity contribution in [1.29, 1.82) is 0 Å². The van der Waals surface area contributed by atoms with Crippen LogP contribution in [-0.4, -0.2) is 19.1 Å². The first-order valence-corrected chi connectivity index (χ1v) is 11.6. The second-order valence-electron chi connectivity index (χ2n) is 9.14. The summed E-state index contributed by atoms with van der Waals surface area (Å²) in [5.41, 5.74) is 10.7. The van der Waals surface area contributed by atoms with Crippen LogP contribution in [0, 0.1) is 5.92 Å². The van der Waals surface area contributed by atoms with Crippen molar-refractivity contribution < 1.29 is 4.74 Å². The Hall–Kier alpha value is -2.62. The predicted molar refractivity (Wildman–Crippen MR) is 127 cm³/mol. The van der Waals surface area contributed by atoms with Crippen LogP contribution in [0.1, 0.15) is 42.4 Å². The molecule has 0 aliphatic carbocycles. The van der Waals surface area contributed by atoms with Crippen LogP contribution in [0.5, 0.6) is 11.5 Å². The molecular formula is C28H32N2O. The number of aryl methyl sites for hydroxylation is 1. The molecule has 3 N–H and O–H groups in total. The van der Waals surface area contributed by atoms with Gasteiger partial charge in [-0.2, -0.15) is 0 Å². The maximum atomic E-state index is 6.97. The van der Waals surface area contributed by atoms with E-state index in [1.807, 2.05) is 0 Å². The number of hydrogen-bond acceptors (Lipinski definition) is 3. The standard InChI is InChI=1S/C28H32N2O/c29-25(22-11-8-18-30-20-22)19-28(17-16-21-9-2-1-3-10-21)23-12-4-6-14-26(23)31-27-15-7-5-13-24(27)28/h1-7,9-10,12-15,22,25,30H,8,11,16-20,29H2. The molecule has 2 aliphatic rings. The number of fused-ring (bicyclic) bond motifs is 2. The molecular weight excluding hydrogens is 380 g/mol. The second-order valence-corrected chi connectivity index (χ2v) is 9.14. The SMILES string of the molecule is NC(CC1(CCc2ccccc2)c2ccccc2Oc2ccccc21)C1CCCNC1. The van der Waals surface area contributed by atoms with E-state index < -0.39 is 0 Å². The first kappa shape index (κ1) is 20.3. The number of ether oxygens (including phenoxy) is 1. The highest BCUT2D eigenvalue weighted by atomic mass is 16.5. The maximum absolute atomic E-state index is 6.97. The molecule has 2 atom stereocenters. The molecule has 2 heterocycles. The molecule has 1 saturated heterocycles. The Morgan fingerprint density at radius 3 is 2.19 bits per heavy atom. The summed E-state index contributed by atoms with van der Waals surface area (Å²) in [5, 5.41) is 3.56. The van der Waals surface area contributed by atoms with E-state index in [9.17, 15) is 0 Å². The molecule has 0 bridgehead atoms. The van der Waals surface area contributed by atoms with Crippen molar-refractivity contribution in [3.05, 3.63) is 95.6 Å². The van der Waals surface area contributed by atoms with Gasteiger partial charge in [-0.15, -0.1) is 0 Å². The van der Waals surface area contributed by atoms with Crippen LogP contribution in [0.25, 0.3) is 0 Å². The number of benzene rings is 3. The normalized spacial score (nSPS) is 20.2. The Morgan fingerprint density at radius 1 is 0.903 bits per heavy atom. The summed E-state index contributed by atoms with van der Waals surface area (Å²) in [6.07, 6.45) is 5.39. The van der Waals surface area contributed by atoms with Crippen molar-refractivity contribution in [2.24, 2.45) is 11.7 Å². The van der Waals surface area contributed by atoms with Crippen LogP contribution in [0.4, 0.5) is 0 Å². The fourth-order valence-electron chi connectivity index (χ4n) is 5.57. The van der Waals surface area contributed by atoms with Gasteiger partial charge in [0.2, 0.25) is 0 Å². The fraction of sp³-hybridized carbons (Fsp3) is 0.357. The molecule has 3 aromatic rings. The third-order valence-electron chi connectivity index (χ3n) is 7.23. The quantitative estimate of drug-likeness (QED) is 0.568. The fourth-order valence-corrected chi connectivity index (χ4v) is 5.57. The summed E-state index contributed by atoms with van der Waals surface area (Å²) in [4.78, 5) is 0. The molecule has 3 heteroatoms. The van der Waals surface area contributed by atoms with Crippen molar-refractivity contribution >= 4 is 0 Å². The van der Waals surface area contributed by atoms with E-state index in [1.54, 1.807) is 0 Å². The zero-order valence-corrected chi connectivity index (χ0v) is 18.1. The highest BCUT2D eigenvalue weighted by Crippen LogP contribution is 2.53. The van der Waals surface area contributed by atoms with Crippen LogP contribution in [-0.2, 0) is 11.8 Å². The van der Waals surface area contributed by atoms with E-state index in [2.05, 4.69) is 84.2 Å². The van der Waals surface area contributed by atoms with Gasteiger partial charge >= 0.3 is 0 Å². The number of para-hydroxylation sites is 2. The Balaban J connectivity index is 1.58. The van der Waals surface area contributed by atoms with Crippen molar-refractivity contribution in [3.8, 4) is 11.5 Å². The number of rotatable bonds is 6. The van der Waals surface area contributed by atoms with Gasteiger partial charge in [0.15, 0.2) is 0 Å². The van der Waals surface area contributed by atoms with E-state index >= 15 is 0 Å². The molecule has 0 spiro atoms. The Bertz CT molecular complexity index is 965. The van der Waals surface area contributed by atoms with Crippen LogP contribution in [0.3, 0.4) is 0 Å². The van der Waals surface area contributed by atoms with E-state index in [-0.39, 0.29) is 11.5 Å². The minimum Gasteiger partial charge on any atom is -0.457 e. The van der Waals surface area contributed by atoms with Crippen molar-refractivity contribution in [2.75, 3.05) is 13.1 Å². The largest absolute Gasteiger partial charge is 0.457 e. The first-order valence-electron chi connectivity index (χ1n) is 11.6. The lowest BCUT2D eigenvalue weighted by atomic mass is 9.64. The zero-order valence-electron chi connectivity index (χ0n) is 18.1. The molecule has 2 unspecified atom stereocenters. The lowest BCUT2D eigenvalue weighted by Crippen LogP contribution is -2.46. The predicted octanol–water partition coefficient (Wildman–Crippen LogP) is 5.43. The summed E-state index contributed by atoms with van der Waals surface area (Å²) in [5.74, 6) is 2.47. The minimum atomic E-state index is -0.155. The Kier molecular flexibility index (Phi) is 5.80. The van der Waals surface area contributed by atoms with Gasteiger partial charge in [0.1, 0.15) is 11.5 Å². The molecule has 3 nitrogen and oxygen atoms in total. The second kappa shape index (κ2) is 8.86. The average Bonchev–Trinajstić information content (AvgIpc) is 2.84. The number of nitrogens with two attached hydrogens (primary N) is 1. The van der Waals surface area contributed by atoms with Gasteiger partial charge in [-0.3, -0.25) is 0 Å². The van der Waals surface area contributed by atoms with E-state index in [0.717, 1.165) is 43.9 Å². The smallest absolute Gasteiger partial charge is 0.131 e. The lowest BCUT2D eigenvalue weighted by molar-refractivity contribution is 0.260. The molecule has 0 amide bonds. The van der Waals surface area contributed by atoms with E-state index in [4.69, 9.17) is 10.5 Å². The molecule has 31 heavy (non-hydrogen) atoms. The Morgan fingerprint density at radius 2 is 1.55 bits per heavy atom. The number of hydrogen-bond donors (Lipinski definition) is 2. The van der Waals surface area contributed by atoms with Crippen molar-refractivity contribution in [2.45, 2.75) is 43.6 Å². The van der Waals surface area contributed by atoms with Gasteiger partial charge in [0.25, 0.3) is 0 Å². The van der Waals surface area contributed by atoms with Gasteiger partial charge in [0, 0.05) is 22.6 Å². The molecule has 160 valence electrons. The molecule has 0 aromatic heterocycles. The van der Waals surface area contributed by atoms with Crippen molar-refractivity contribution in [3.63, 3.8) is 0 Å². The van der Waals surface area contributed by atoms with Gasteiger partial charge in [0.05, 0.1) is 0 Å². The van der Waals surface area contributed by atoms with Crippen LogP contribution < -0.4 is 15.8 Å². The van der Waals surface area contributed by atoms with Crippen LogP contribution in [0.2, 0.25) is 0 Å². The minimum absolute atomic E-state index is 0.141. The molecule has 2 aliphatic heterocycles. The van der Waals surface area contributed by atoms with Gasteiger partial charge in [-0.1, -0.05) is 66.7 Å². The summed E-state index contributed by atoms with van der Waals surface area (Å²) >= 11 is 0. The summed E-state index contributed by atoms with van der Waals surface area (Å²) in [6, 6.07) is 28.1. The first-order chi connectivity index (χ1) is 15.3. The van der Waals surface area contributed by atoms with Crippen LogP contribution in [0.15, 0.2) is 78.9 Å². The maximum Gasteiger partial charge on any atom is 0.131 e. The van der Waals surface area contributed by atoms with Crippen LogP contribution >= 0.6 is 0 Å². The molecule has 1 fully saturated rings.